The summed E-state index contributed by atoms with van der Waals surface area (Å²) in [6, 6.07) is 9.00. The lowest BCUT2D eigenvalue weighted by molar-refractivity contribution is -0.123. The van der Waals surface area contributed by atoms with Crippen LogP contribution in [0.2, 0.25) is 5.02 Å². The van der Waals surface area contributed by atoms with Gasteiger partial charge in [-0.15, -0.1) is 0 Å². The highest BCUT2D eigenvalue weighted by Gasteiger charge is 2.22. The highest BCUT2D eigenvalue weighted by atomic mass is 35.5. The Morgan fingerprint density at radius 1 is 1.14 bits per heavy atom. The van der Waals surface area contributed by atoms with E-state index in [9.17, 15) is 18.0 Å². The molecule has 7 nitrogen and oxygen atoms in total. The highest BCUT2D eigenvalue weighted by Crippen LogP contribution is 2.26. The van der Waals surface area contributed by atoms with Crippen molar-refractivity contribution in [1.82, 2.24) is 0 Å². The lowest BCUT2D eigenvalue weighted by Crippen LogP contribution is -2.30. The van der Waals surface area contributed by atoms with Gasteiger partial charge in [-0.3, -0.25) is 4.79 Å². The second-order valence-electron chi connectivity index (χ2n) is 6.16. The van der Waals surface area contributed by atoms with Crippen LogP contribution in [0, 0.1) is 6.92 Å². The van der Waals surface area contributed by atoms with Gasteiger partial charge in [-0.05, 0) is 49.7 Å². The number of methoxy groups -OCH3 is 1. The summed E-state index contributed by atoms with van der Waals surface area (Å²) in [6.45, 7) is 3.27. The first-order chi connectivity index (χ1) is 13.0. The zero-order valence-corrected chi connectivity index (χ0v) is 17.3. The molecule has 9 heteroatoms. The van der Waals surface area contributed by atoms with Crippen molar-refractivity contribution in [2.45, 2.75) is 24.8 Å². The van der Waals surface area contributed by atoms with Crippen molar-refractivity contribution in [3.8, 4) is 5.75 Å². The van der Waals surface area contributed by atoms with Gasteiger partial charge in [-0.25, -0.2) is 13.2 Å². The van der Waals surface area contributed by atoms with Gasteiger partial charge in [-0.1, -0.05) is 17.7 Å². The molecule has 0 bridgehead atoms. The second-order valence-corrected chi connectivity index (χ2v) is 8.55. The van der Waals surface area contributed by atoms with Crippen LogP contribution in [0.15, 0.2) is 41.3 Å². The minimum atomic E-state index is -3.62. The minimum Gasteiger partial charge on any atom is -0.495 e. The fraction of sp³-hybridized carbons (Fsp3) is 0.263. The van der Waals surface area contributed by atoms with E-state index < -0.39 is 27.8 Å². The third-order valence-corrected chi connectivity index (χ3v) is 5.41. The smallest absolute Gasteiger partial charge is 0.338 e. The molecular formula is C19H20ClNO6S. The zero-order chi connectivity index (χ0) is 21.1. The molecule has 2 aromatic carbocycles. The maximum atomic E-state index is 12.4. The number of benzene rings is 2. The number of sulfone groups is 1. The minimum absolute atomic E-state index is 0.00335. The Morgan fingerprint density at radius 2 is 1.82 bits per heavy atom. The molecule has 0 spiro atoms. The van der Waals surface area contributed by atoms with Crippen molar-refractivity contribution in [3.63, 3.8) is 0 Å². The molecule has 0 fully saturated rings. The van der Waals surface area contributed by atoms with Gasteiger partial charge in [0.05, 0.1) is 28.3 Å². The van der Waals surface area contributed by atoms with Crippen molar-refractivity contribution in [2.24, 2.45) is 0 Å². The Bertz CT molecular complexity index is 1020. The summed E-state index contributed by atoms with van der Waals surface area (Å²) in [4.78, 5) is 24.5. The van der Waals surface area contributed by atoms with Gasteiger partial charge in [0.1, 0.15) is 5.75 Å². The lowest BCUT2D eigenvalue weighted by atomic mass is 10.2. The molecule has 1 atom stereocenters. The summed E-state index contributed by atoms with van der Waals surface area (Å²) >= 11 is 5.87. The largest absolute Gasteiger partial charge is 0.495 e. The third-order valence-electron chi connectivity index (χ3n) is 3.83. The lowest BCUT2D eigenvalue weighted by Gasteiger charge is -2.16. The van der Waals surface area contributed by atoms with Gasteiger partial charge in [0.15, 0.2) is 15.9 Å². The summed E-state index contributed by atoms with van der Waals surface area (Å²) in [5, 5.41) is 2.64. The van der Waals surface area contributed by atoms with Crippen molar-refractivity contribution < 1.29 is 27.5 Å². The average molecular weight is 426 g/mol. The number of nitrogens with one attached hydrogen (secondary N) is 1. The summed E-state index contributed by atoms with van der Waals surface area (Å²) < 4.78 is 33.8. The first-order valence-corrected chi connectivity index (χ1v) is 10.5. The number of hydrogen-bond donors (Lipinski definition) is 1. The fourth-order valence-electron chi connectivity index (χ4n) is 2.35. The van der Waals surface area contributed by atoms with E-state index in [4.69, 9.17) is 21.1 Å². The van der Waals surface area contributed by atoms with E-state index in [1.54, 1.807) is 12.1 Å². The number of hydrogen-bond acceptors (Lipinski definition) is 6. The van der Waals surface area contributed by atoms with E-state index in [1.165, 1.54) is 26.2 Å². The van der Waals surface area contributed by atoms with E-state index in [2.05, 4.69) is 5.32 Å². The Balaban J connectivity index is 2.14. The molecule has 1 unspecified atom stereocenters. The van der Waals surface area contributed by atoms with Crippen LogP contribution >= 0.6 is 11.6 Å². The Morgan fingerprint density at radius 3 is 2.43 bits per heavy atom. The SMILES string of the molecule is COc1ccc(C)cc1NC(=O)C(C)OC(=O)c1ccc(Cl)c(S(C)(=O)=O)c1. The molecule has 0 aliphatic carbocycles. The summed E-state index contributed by atoms with van der Waals surface area (Å²) in [7, 11) is -2.14. The normalized spacial score (nSPS) is 12.2. The number of carbonyl (C=O) groups excluding carboxylic acids is 2. The standard InChI is InChI=1S/C19H20ClNO6S/c1-11-5-8-16(26-3)15(9-11)21-18(22)12(2)27-19(23)13-6-7-14(20)17(10-13)28(4,24)25/h5-10,12H,1-4H3,(H,21,22). The summed E-state index contributed by atoms with van der Waals surface area (Å²) in [6.07, 6.45) is -0.149. The second kappa shape index (κ2) is 8.62. The molecular weight excluding hydrogens is 406 g/mol. The average Bonchev–Trinajstić information content (AvgIpc) is 2.61. The predicted octanol–water partition coefficient (Wildman–Crippen LogP) is 3.24. The first-order valence-electron chi connectivity index (χ1n) is 8.19. The van der Waals surface area contributed by atoms with Crippen LogP contribution in [0.25, 0.3) is 0 Å². The molecule has 1 N–H and O–H groups in total. The van der Waals surface area contributed by atoms with Gasteiger partial charge in [0.2, 0.25) is 0 Å². The monoisotopic (exact) mass is 425 g/mol. The molecule has 0 radical (unpaired) electrons. The van der Waals surface area contributed by atoms with Gasteiger partial charge in [0, 0.05) is 6.26 Å². The van der Waals surface area contributed by atoms with Crippen molar-refractivity contribution >= 4 is 39.0 Å². The zero-order valence-electron chi connectivity index (χ0n) is 15.8. The van der Waals surface area contributed by atoms with E-state index in [0.717, 1.165) is 17.9 Å². The molecule has 0 saturated heterocycles. The molecule has 0 aliphatic rings. The van der Waals surface area contributed by atoms with Gasteiger partial charge in [-0.2, -0.15) is 0 Å². The summed E-state index contributed by atoms with van der Waals surface area (Å²) in [5.74, 6) is -0.942. The van der Waals surface area contributed by atoms with Gasteiger partial charge >= 0.3 is 5.97 Å². The number of anilines is 1. The number of carbonyl (C=O) groups is 2. The van der Waals surface area contributed by atoms with Crippen LogP contribution in [-0.4, -0.2) is 39.8 Å². The number of halogens is 1. The molecule has 28 heavy (non-hydrogen) atoms. The molecule has 1 amide bonds. The van der Waals surface area contributed by atoms with Crippen LogP contribution in [-0.2, 0) is 19.4 Å². The van der Waals surface area contributed by atoms with Crippen molar-refractivity contribution in [2.75, 3.05) is 18.7 Å². The van der Waals surface area contributed by atoms with E-state index in [-0.39, 0.29) is 15.5 Å². The van der Waals surface area contributed by atoms with Crippen LogP contribution in [0.4, 0.5) is 5.69 Å². The Kier molecular flexibility index (Phi) is 6.69. The topological polar surface area (TPSA) is 98.8 Å². The van der Waals surface area contributed by atoms with E-state index >= 15 is 0 Å². The molecule has 0 aliphatic heterocycles. The van der Waals surface area contributed by atoms with Crippen LogP contribution in [0.1, 0.15) is 22.8 Å². The number of rotatable bonds is 6. The molecule has 0 saturated carbocycles. The highest BCUT2D eigenvalue weighted by molar-refractivity contribution is 7.90. The van der Waals surface area contributed by atoms with Crippen LogP contribution in [0.5, 0.6) is 5.75 Å². The molecule has 0 aromatic heterocycles. The molecule has 2 aromatic rings. The maximum Gasteiger partial charge on any atom is 0.338 e. The Labute approximate surface area is 168 Å². The number of amides is 1. The Hall–Kier alpha value is -2.58. The third kappa shape index (κ3) is 5.24. The molecule has 2 rings (SSSR count). The van der Waals surface area contributed by atoms with E-state index in [1.807, 2.05) is 13.0 Å². The van der Waals surface area contributed by atoms with Crippen molar-refractivity contribution in [1.29, 1.82) is 0 Å². The number of esters is 1. The summed E-state index contributed by atoms with van der Waals surface area (Å²) in [5.41, 5.74) is 1.33. The van der Waals surface area contributed by atoms with Crippen molar-refractivity contribution in [3.05, 3.63) is 52.5 Å². The number of aryl methyl sites for hydroxylation is 1. The van der Waals surface area contributed by atoms with Gasteiger partial charge < -0.3 is 14.8 Å². The fourth-order valence-corrected chi connectivity index (χ4v) is 3.65. The number of ether oxygens (including phenoxy) is 2. The quantitative estimate of drug-likeness (QED) is 0.713. The maximum absolute atomic E-state index is 12.4. The molecule has 0 heterocycles. The molecule has 150 valence electrons. The van der Waals surface area contributed by atoms with Crippen LogP contribution < -0.4 is 10.1 Å². The first kappa shape index (κ1) is 21.7. The predicted molar refractivity (Wildman–Crippen MR) is 106 cm³/mol. The van der Waals surface area contributed by atoms with Gasteiger partial charge in [0.25, 0.3) is 5.91 Å². The van der Waals surface area contributed by atoms with E-state index in [0.29, 0.717) is 11.4 Å². The van der Waals surface area contributed by atoms with Crippen LogP contribution in [0.3, 0.4) is 0 Å².